The predicted octanol–water partition coefficient (Wildman–Crippen LogP) is 3.25. The zero-order chi connectivity index (χ0) is 13.8. The summed E-state index contributed by atoms with van der Waals surface area (Å²) in [5.74, 6) is 0.430. The smallest absolute Gasteiger partial charge is 0.0938 e. The molecular formula is C17H21NO2. The molecule has 2 atom stereocenters. The third kappa shape index (κ3) is 3.11. The molecule has 0 unspecified atom stereocenters. The van der Waals surface area contributed by atoms with Gasteiger partial charge < -0.3 is 14.5 Å². The largest absolute Gasteiger partial charge is 0.472 e. The van der Waals surface area contributed by atoms with Crippen molar-refractivity contribution in [1.29, 1.82) is 0 Å². The molecule has 0 saturated carbocycles. The van der Waals surface area contributed by atoms with Gasteiger partial charge in [0.1, 0.15) is 0 Å². The summed E-state index contributed by atoms with van der Waals surface area (Å²) in [6.07, 6.45) is 4.90. The molecular weight excluding hydrogens is 250 g/mol. The molecule has 2 heterocycles. The second-order valence-corrected chi connectivity index (χ2v) is 5.49. The molecule has 0 amide bonds. The summed E-state index contributed by atoms with van der Waals surface area (Å²) in [4.78, 5) is 0. The summed E-state index contributed by atoms with van der Waals surface area (Å²) in [5.41, 5.74) is 3.77. The summed E-state index contributed by atoms with van der Waals surface area (Å²) in [7, 11) is 0. The molecule has 1 aromatic carbocycles. The van der Waals surface area contributed by atoms with Gasteiger partial charge in [-0.3, -0.25) is 0 Å². The summed E-state index contributed by atoms with van der Waals surface area (Å²) in [5, 5.41) is 3.42. The summed E-state index contributed by atoms with van der Waals surface area (Å²) >= 11 is 0. The second kappa shape index (κ2) is 6.25. The van der Waals surface area contributed by atoms with E-state index in [1.54, 1.807) is 6.26 Å². The third-order valence-corrected chi connectivity index (χ3v) is 3.94. The van der Waals surface area contributed by atoms with Crippen LogP contribution < -0.4 is 5.32 Å². The van der Waals surface area contributed by atoms with Crippen molar-refractivity contribution in [2.24, 2.45) is 0 Å². The van der Waals surface area contributed by atoms with Crippen LogP contribution in [0.5, 0.6) is 0 Å². The molecule has 0 bridgehead atoms. The molecule has 1 aliphatic heterocycles. The van der Waals surface area contributed by atoms with Crippen molar-refractivity contribution in [3.05, 3.63) is 59.5 Å². The van der Waals surface area contributed by atoms with Gasteiger partial charge in [0.25, 0.3) is 0 Å². The summed E-state index contributed by atoms with van der Waals surface area (Å²) in [6.45, 7) is 4.73. The van der Waals surface area contributed by atoms with Crippen LogP contribution >= 0.6 is 0 Å². The highest BCUT2D eigenvalue weighted by Crippen LogP contribution is 2.28. The first-order valence-corrected chi connectivity index (χ1v) is 7.23. The van der Waals surface area contributed by atoms with E-state index in [-0.39, 0.29) is 6.10 Å². The number of piperidine rings is 1. The molecule has 3 heteroatoms. The van der Waals surface area contributed by atoms with Crippen LogP contribution in [-0.4, -0.2) is 19.2 Å². The lowest BCUT2D eigenvalue weighted by Crippen LogP contribution is -2.40. The maximum Gasteiger partial charge on any atom is 0.0938 e. The number of benzene rings is 1. The van der Waals surface area contributed by atoms with Crippen molar-refractivity contribution in [2.45, 2.75) is 32.0 Å². The number of hydrogen-bond acceptors (Lipinski definition) is 3. The number of aryl methyl sites for hydroxylation is 1. The van der Waals surface area contributed by atoms with Gasteiger partial charge in [0.15, 0.2) is 0 Å². The van der Waals surface area contributed by atoms with E-state index in [4.69, 9.17) is 9.15 Å². The van der Waals surface area contributed by atoms with Gasteiger partial charge in [0, 0.05) is 12.5 Å². The molecule has 1 aliphatic rings. The molecule has 20 heavy (non-hydrogen) atoms. The van der Waals surface area contributed by atoms with E-state index in [1.807, 2.05) is 6.26 Å². The lowest BCUT2D eigenvalue weighted by molar-refractivity contribution is 0.0105. The first-order chi connectivity index (χ1) is 9.83. The molecule has 2 aromatic rings. The van der Waals surface area contributed by atoms with Crippen LogP contribution in [0.25, 0.3) is 0 Å². The number of furan rings is 1. The van der Waals surface area contributed by atoms with E-state index >= 15 is 0 Å². The molecule has 3 rings (SSSR count). The SMILES string of the molecule is Cc1cccc(CO[C@@H]2CNCC[C@@H]2c2ccoc2)c1. The van der Waals surface area contributed by atoms with Gasteiger partial charge in [0.2, 0.25) is 0 Å². The van der Waals surface area contributed by atoms with Crippen molar-refractivity contribution in [3.8, 4) is 0 Å². The minimum Gasteiger partial charge on any atom is -0.472 e. The van der Waals surface area contributed by atoms with Gasteiger partial charge in [-0.1, -0.05) is 29.8 Å². The van der Waals surface area contributed by atoms with E-state index in [0.717, 1.165) is 19.5 Å². The average molecular weight is 271 g/mol. The predicted molar refractivity (Wildman–Crippen MR) is 78.7 cm³/mol. The molecule has 1 aromatic heterocycles. The van der Waals surface area contributed by atoms with Gasteiger partial charge in [0.05, 0.1) is 25.2 Å². The Kier molecular flexibility index (Phi) is 4.19. The van der Waals surface area contributed by atoms with Crippen molar-refractivity contribution in [3.63, 3.8) is 0 Å². The van der Waals surface area contributed by atoms with Crippen LogP contribution in [0.1, 0.15) is 29.0 Å². The first-order valence-electron chi connectivity index (χ1n) is 7.23. The van der Waals surface area contributed by atoms with E-state index in [0.29, 0.717) is 12.5 Å². The van der Waals surface area contributed by atoms with Crippen LogP contribution in [-0.2, 0) is 11.3 Å². The fraction of sp³-hybridized carbons (Fsp3) is 0.412. The maximum atomic E-state index is 6.16. The van der Waals surface area contributed by atoms with E-state index in [9.17, 15) is 0 Å². The van der Waals surface area contributed by atoms with Crippen molar-refractivity contribution in [2.75, 3.05) is 13.1 Å². The fourth-order valence-electron chi connectivity index (χ4n) is 2.88. The Morgan fingerprint density at radius 3 is 3.10 bits per heavy atom. The molecule has 0 aliphatic carbocycles. The van der Waals surface area contributed by atoms with E-state index in [1.165, 1.54) is 16.7 Å². The Balaban J connectivity index is 1.65. The van der Waals surface area contributed by atoms with Crippen LogP contribution in [0.15, 0.2) is 47.3 Å². The Morgan fingerprint density at radius 2 is 2.30 bits per heavy atom. The average Bonchev–Trinajstić information content (AvgIpc) is 3.00. The van der Waals surface area contributed by atoms with Gasteiger partial charge >= 0.3 is 0 Å². The maximum absolute atomic E-state index is 6.16. The van der Waals surface area contributed by atoms with E-state index < -0.39 is 0 Å². The molecule has 0 spiro atoms. The van der Waals surface area contributed by atoms with Crippen LogP contribution in [0.3, 0.4) is 0 Å². The number of rotatable bonds is 4. The van der Waals surface area contributed by atoms with Gasteiger partial charge in [-0.15, -0.1) is 0 Å². The highest BCUT2D eigenvalue weighted by Gasteiger charge is 2.27. The quantitative estimate of drug-likeness (QED) is 0.927. The lowest BCUT2D eigenvalue weighted by atomic mass is 9.89. The second-order valence-electron chi connectivity index (χ2n) is 5.49. The number of nitrogens with one attached hydrogen (secondary N) is 1. The fourth-order valence-corrected chi connectivity index (χ4v) is 2.88. The van der Waals surface area contributed by atoms with Gasteiger partial charge in [-0.25, -0.2) is 0 Å². The first kappa shape index (κ1) is 13.4. The van der Waals surface area contributed by atoms with Crippen LogP contribution in [0, 0.1) is 6.92 Å². The third-order valence-electron chi connectivity index (χ3n) is 3.94. The molecule has 1 N–H and O–H groups in total. The highest BCUT2D eigenvalue weighted by atomic mass is 16.5. The lowest BCUT2D eigenvalue weighted by Gasteiger charge is -2.31. The zero-order valence-electron chi connectivity index (χ0n) is 11.8. The Bertz CT molecular complexity index is 536. The van der Waals surface area contributed by atoms with Crippen LogP contribution in [0.2, 0.25) is 0 Å². The van der Waals surface area contributed by atoms with Gasteiger partial charge in [-0.05, 0) is 37.1 Å². The number of hydrogen-bond donors (Lipinski definition) is 1. The molecule has 0 radical (unpaired) electrons. The Labute approximate surface area is 119 Å². The normalized spacial score (nSPS) is 22.9. The zero-order valence-corrected chi connectivity index (χ0v) is 11.8. The molecule has 106 valence electrons. The van der Waals surface area contributed by atoms with Crippen molar-refractivity contribution >= 4 is 0 Å². The summed E-state index contributed by atoms with van der Waals surface area (Å²) < 4.78 is 11.4. The highest BCUT2D eigenvalue weighted by molar-refractivity contribution is 5.22. The molecule has 1 saturated heterocycles. The van der Waals surface area contributed by atoms with Crippen molar-refractivity contribution < 1.29 is 9.15 Å². The van der Waals surface area contributed by atoms with Gasteiger partial charge in [-0.2, -0.15) is 0 Å². The molecule has 1 fully saturated rings. The Morgan fingerprint density at radius 1 is 1.35 bits per heavy atom. The van der Waals surface area contributed by atoms with Crippen LogP contribution in [0.4, 0.5) is 0 Å². The number of ether oxygens (including phenoxy) is 1. The van der Waals surface area contributed by atoms with Crippen molar-refractivity contribution in [1.82, 2.24) is 5.32 Å². The Hall–Kier alpha value is -1.58. The summed E-state index contributed by atoms with van der Waals surface area (Å²) in [6, 6.07) is 10.6. The minimum atomic E-state index is 0.210. The van der Waals surface area contributed by atoms with E-state index in [2.05, 4.69) is 42.6 Å². The minimum absolute atomic E-state index is 0.210. The topological polar surface area (TPSA) is 34.4 Å². The standard InChI is InChI=1S/C17H21NO2/c1-13-3-2-4-14(9-13)11-20-17-10-18-7-5-16(17)15-6-8-19-12-15/h2-4,6,8-9,12,16-18H,5,7,10-11H2,1H3/t16-,17-/m1/s1. The molecule has 3 nitrogen and oxygen atoms in total. The monoisotopic (exact) mass is 271 g/mol.